The molecule has 0 bridgehead atoms. The summed E-state index contributed by atoms with van der Waals surface area (Å²) in [4.78, 5) is 38.3. The van der Waals surface area contributed by atoms with E-state index in [0.717, 1.165) is 83.5 Å². The van der Waals surface area contributed by atoms with Crippen LogP contribution in [0.2, 0.25) is 0 Å². The summed E-state index contributed by atoms with van der Waals surface area (Å²) in [7, 11) is 0. The van der Waals surface area contributed by atoms with Crippen molar-refractivity contribution in [3.8, 4) is 0 Å². The van der Waals surface area contributed by atoms with Gasteiger partial charge in [0.05, 0.1) is 0 Å². The third-order valence-electron chi connectivity index (χ3n) is 16.4. The molecule has 6 nitrogen and oxygen atoms in total. The number of ether oxygens (including phenoxy) is 3. The first-order valence-corrected chi connectivity index (χ1v) is 36.0. The van der Waals surface area contributed by atoms with Crippen LogP contribution in [0.15, 0.2) is 36.5 Å². The van der Waals surface area contributed by atoms with Gasteiger partial charge in [-0.1, -0.05) is 365 Å². The molecular weight excluding hydrogens is 985 g/mol. The van der Waals surface area contributed by atoms with E-state index >= 15 is 0 Å². The summed E-state index contributed by atoms with van der Waals surface area (Å²) >= 11 is 0. The molecule has 0 N–H and O–H groups in total. The number of allylic oxidation sites excluding steroid dienone is 6. The van der Waals surface area contributed by atoms with Crippen LogP contribution in [0.25, 0.3) is 0 Å². The van der Waals surface area contributed by atoms with E-state index in [9.17, 15) is 14.4 Å². The molecule has 1 unspecified atom stereocenters. The van der Waals surface area contributed by atoms with Crippen LogP contribution in [-0.4, -0.2) is 37.2 Å². The van der Waals surface area contributed by atoms with Crippen molar-refractivity contribution in [2.75, 3.05) is 13.2 Å². The summed E-state index contributed by atoms with van der Waals surface area (Å²) in [6, 6.07) is 0. The summed E-state index contributed by atoms with van der Waals surface area (Å²) in [5.74, 6) is -0.856. The Morgan fingerprint density at radius 2 is 0.487 bits per heavy atom. The molecule has 0 heterocycles. The predicted molar refractivity (Wildman–Crippen MR) is 349 cm³/mol. The molecule has 1 atom stereocenters. The second-order valence-corrected chi connectivity index (χ2v) is 24.5. The number of carbonyl (C=O) groups is 3. The van der Waals surface area contributed by atoms with Crippen LogP contribution in [-0.2, 0) is 28.6 Å². The number of esters is 3. The quantitative estimate of drug-likeness (QED) is 0.0261. The standard InChI is InChI=1S/C74H138O6/c1-4-7-10-13-16-19-22-24-26-28-29-30-31-32-33-34-35-36-37-38-39-40-41-42-43-44-46-47-49-52-55-58-61-64-67-73(76)79-70-71(69-78-72(75)66-63-60-57-54-51-21-18-15-12-9-6-3)80-74(77)68-65-62-59-56-53-50-48-45-27-25-23-20-17-14-11-8-5-2/h8,11,17,20,25,27,71H,4-7,9-10,12-16,18-19,21-24,26,28-70H2,1-3H3/b11-8-,20-17-,27-25-. The molecule has 6 heteroatoms. The van der Waals surface area contributed by atoms with Gasteiger partial charge in [-0.25, -0.2) is 0 Å². The van der Waals surface area contributed by atoms with Gasteiger partial charge in [0, 0.05) is 19.3 Å². The van der Waals surface area contributed by atoms with Crippen LogP contribution in [0.5, 0.6) is 0 Å². The lowest BCUT2D eigenvalue weighted by atomic mass is 10.0. The molecule has 0 radical (unpaired) electrons. The van der Waals surface area contributed by atoms with Gasteiger partial charge in [-0.2, -0.15) is 0 Å². The zero-order chi connectivity index (χ0) is 57.8. The van der Waals surface area contributed by atoms with Crippen LogP contribution in [0.3, 0.4) is 0 Å². The number of unbranched alkanes of at least 4 members (excludes halogenated alkanes) is 50. The summed E-state index contributed by atoms with van der Waals surface area (Å²) < 4.78 is 16.9. The molecule has 0 aromatic carbocycles. The lowest BCUT2D eigenvalue weighted by molar-refractivity contribution is -0.167. The second kappa shape index (κ2) is 69.1. The highest BCUT2D eigenvalue weighted by molar-refractivity contribution is 5.71. The van der Waals surface area contributed by atoms with E-state index in [1.165, 1.54) is 276 Å². The van der Waals surface area contributed by atoms with Gasteiger partial charge in [0.15, 0.2) is 6.10 Å². The molecule has 0 aliphatic heterocycles. The van der Waals surface area contributed by atoms with Crippen LogP contribution < -0.4 is 0 Å². The third kappa shape index (κ3) is 66.4. The van der Waals surface area contributed by atoms with Crippen molar-refractivity contribution in [2.45, 2.75) is 406 Å². The van der Waals surface area contributed by atoms with E-state index in [4.69, 9.17) is 14.2 Å². The molecular formula is C74H138O6. The van der Waals surface area contributed by atoms with Crippen LogP contribution in [0.4, 0.5) is 0 Å². The number of hydrogen-bond donors (Lipinski definition) is 0. The Morgan fingerprint density at radius 3 is 0.762 bits per heavy atom. The van der Waals surface area contributed by atoms with Crippen molar-refractivity contribution >= 4 is 17.9 Å². The van der Waals surface area contributed by atoms with Crippen molar-refractivity contribution in [1.82, 2.24) is 0 Å². The Bertz CT molecular complexity index is 1340. The monoisotopic (exact) mass is 1120 g/mol. The minimum atomic E-state index is -0.774. The fourth-order valence-electron chi connectivity index (χ4n) is 11.1. The maximum Gasteiger partial charge on any atom is 0.306 e. The maximum absolute atomic E-state index is 12.9. The Labute approximate surface area is 499 Å². The van der Waals surface area contributed by atoms with Crippen molar-refractivity contribution in [3.63, 3.8) is 0 Å². The van der Waals surface area contributed by atoms with Gasteiger partial charge in [0.2, 0.25) is 0 Å². The lowest BCUT2D eigenvalue weighted by Gasteiger charge is -2.18. The van der Waals surface area contributed by atoms with Gasteiger partial charge in [0.25, 0.3) is 0 Å². The summed E-state index contributed by atoms with van der Waals surface area (Å²) in [5.41, 5.74) is 0. The van der Waals surface area contributed by atoms with Gasteiger partial charge in [-0.3, -0.25) is 14.4 Å². The summed E-state index contributed by atoms with van der Waals surface area (Å²) in [6.45, 7) is 6.58. The highest BCUT2D eigenvalue weighted by Crippen LogP contribution is 2.19. The average molecular weight is 1120 g/mol. The molecule has 0 amide bonds. The Hall–Kier alpha value is -2.37. The Kier molecular flexibility index (Phi) is 67.1. The SMILES string of the molecule is CC/C=C\C/C=C\C/C=C\CCCCCCCCCC(=O)OC(COC(=O)CCCCCCCCCCCCC)COC(=O)CCCCCCCCCCCCCCCCCCCCCCCCCCCCCCCCCCCC. The zero-order valence-electron chi connectivity index (χ0n) is 54.1. The highest BCUT2D eigenvalue weighted by Gasteiger charge is 2.19. The van der Waals surface area contributed by atoms with Gasteiger partial charge in [0.1, 0.15) is 13.2 Å². The first-order chi connectivity index (χ1) is 39.5. The zero-order valence-corrected chi connectivity index (χ0v) is 54.1. The normalized spacial score (nSPS) is 12.2. The highest BCUT2D eigenvalue weighted by atomic mass is 16.6. The molecule has 0 aromatic heterocycles. The van der Waals surface area contributed by atoms with E-state index in [0.29, 0.717) is 19.3 Å². The first-order valence-electron chi connectivity index (χ1n) is 36.0. The van der Waals surface area contributed by atoms with Crippen molar-refractivity contribution in [2.24, 2.45) is 0 Å². The molecule has 0 rings (SSSR count). The lowest BCUT2D eigenvalue weighted by Crippen LogP contribution is -2.30. The van der Waals surface area contributed by atoms with Crippen LogP contribution in [0, 0.1) is 0 Å². The number of hydrogen-bond acceptors (Lipinski definition) is 6. The van der Waals surface area contributed by atoms with Gasteiger partial charge < -0.3 is 14.2 Å². The fourth-order valence-corrected chi connectivity index (χ4v) is 11.1. The maximum atomic E-state index is 12.9. The number of rotatable bonds is 67. The minimum absolute atomic E-state index is 0.0709. The minimum Gasteiger partial charge on any atom is -0.462 e. The Morgan fingerprint density at radius 1 is 0.263 bits per heavy atom. The summed E-state index contributed by atoms with van der Waals surface area (Å²) in [6.07, 6.45) is 86.4. The molecule has 0 aromatic rings. The second-order valence-electron chi connectivity index (χ2n) is 24.5. The molecule has 470 valence electrons. The van der Waals surface area contributed by atoms with Gasteiger partial charge >= 0.3 is 17.9 Å². The largest absolute Gasteiger partial charge is 0.462 e. The van der Waals surface area contributed by atoms with E-state index in [1.54, 1.807) is 0 Å². The average Bonchev–Trinajstić information content (AvgIpc) is 3.46. The third-order valence-corrected chi connectivity index (χ3v) is 16.4. The van der Waals surface area contributed by atoms with E-state index in [-0.39, 0.29) is 31.1 Å². The smallest absolute Gasteiger partial charge is 0.306 e. The molecule has 80 heavy (non-hydrogen) atoms. The molecule has 0 saturated carbocycles. The van der Waals surface area contributed by atoms with Crippen molar-refractivity contribution in [1.29, 1.82) is 0 Å². The number of carbonyl (C=O) groups excluding carboxylic acids is 3. The van der Waals surface area contributed by atoms with E-state index in [1.807, 2.05) is 0 Å². The van der Waals surface area contributed by atoms with Crippen LogP contribution >= 0.6 is 0 Å². The molecule has 0 spiro atoms. The topological polar surface area (TPSA) is 78.9 Å². The van der Waals surface area contributed by atoms with Crippen LogP contribution in [0.1, 0.15) is 400 Å². The van der Waals surface area contributed by atoms with Crippen molar-refractivity contribution in [3.05, 3.63) is 36.5 Å². The fraction of sp³-hybridized carbons (Fsp3) is 0.878. The molecule has 0 fully saturated rings. The summed E-state index contributed by atoms with van der Waals surface area (Å²) in [5, 5.41) is 0. The van der Waals surface area contributed by atoms with Gasteiger partial charge in [-0.15, -0.1) is 0 Å². The first kappa shape index (κ1) is 77.6. The van der Waals surface area contributed by atoms with E-state index in [2.05, 4.69) is 57.2 Å². The molecule has 0 aliphatic carbocycles. The molecule has 0 aliphatic rings. The Balaban J connectivity index is 4.03. The van der Waals surface area contributed by atoms with E-state index < -0.39 is 6.10 Å². The molecule has 0 saturated heterocycles. The predicted octanol–water partition coefficient (Wildman–Crippen LogP) is 24.7. The van der Waals surface area contributed by atoms with Gasteiger partial charge in [-0.05, 0) is 51.4 Å². The van der Waals surface area contributed by atoms with Crippen molar-refractivity contribution < 1.29 is 28.6 Å².